The Morgan fingerprint density at radius 1 is 1.29 bits per heavy atom. The van der Waals surface area contributed by atoms with E-state index in [0.29, 0.717) is 5.92 Å². The summed E-state index contributed by atoms with van der Waals surface area (Å²) in [5.74, 6) is 1.35. The Morgan fingerprint density at radius 2 is 1.94 bits per heavy atom. The van der Waals surface area contributed by atoms with Crippen LogP contribution in [0.2, 0.25) is 0 Å². The minimum atomic E-state index is -0.188. The second-order valence-corrected chi connectivity index (χ2v) is 6.83. The summed E-state index contributed by atoms with van der Waals surface area (Å²) in [4.78, 5) is 5.80. The molecule has 0 bridgehead atoms. The third-order valence-corrected chi connectivity index (χ3v) is 5.16. The highest BCUT2D eigenvalue weighted by Crippen LogP contribution is 2.32. The van der Waals surface area contributed by atoms with Crippen molar-refractivity contribution in [1.82, 2.24) is 4.98 Å². The Labute approximate surface area is 108 Å². The number of hydrogen-bond acceptors (Lipinski definition) is 3. The van der Waals surface area contributed by atoms with E-state index in [1.54, 1.807) is 11.3 Å². The van der Waals surface area contributed by atoms with E-state index in [9.17, 15) is 5.11 Å². The standard InChI is InChI=1S/C14H23NOS/c1-9-4-6-12(7-5-9)13(16)8-14-15-10(2)11(3)17-14/h9,12-13,16H,4-8H2,1-3H3. The highest BCUT2D eigenvalue weighted by molar-refractivity contribution is 7.11. The van der Waals surface area contributed by atoms with E-state index in [1.165, 1.54) is 30.6 Å². The van der Waals surface area contributed by atoms with Gasteiger partial charge in [0.15, 0.2) is 0 Å². The molecule has 1 fully saturated rings. The van der Waals surface area contributed by atoms with Crippen LogP contribution in [0.1, 0.15) is 48.2 Å². The normalized spacial score (nSPS) is 27.1. The van der Waals surface area contributed by atoms with Crippen LogP contribution in [0.15, 0.2) is 0 Å². The van der Waals surface area contributed by atoms with Crippen LogP contribution >= 0.6 is 11.3 Å². The van der Waals surface area contributed by atoms with Crippen molar-refractivity contribution in [1.29, 1.82) is 0 Å². The average Bonchev–Trinajstić information content (AvgIpc) is 2.58. The van der Waals surface area contributed by atoms with Gasteiger partial charge in [0.2, 0.25) is 0 Å². The van der Waals surface area contributed by atoms with Crippen LogP contribution in [-0.2, 0) is 6.42 Å². The number of rotatable bonds is 3. The first-order valence-corrected chi connectivity index (χ1v) is 7.49. The van der Waals surface area contributed by atoms with Gasteiger partial charge < -0.3 is 5.11 Å². The van der Waals surface area contributed by atoms with Crippen LogP contribution in [0.5, 0.6) is 0 Å². The van der Waals surface area contributed by atoms with E-state index >= 15 is 0 Å². The van der Waals surface area contributed by atoms with Crippen molar-refractivity contribution < 1.29 is 5.11 Å². The molecule has 1 aromatic rings. The lowest BCUT2D eigenvalue weighted by molar-refractivity contribution is 0.0760. The van der Waals surface area contributed by atoms with Crippen LogP contribution in [0.4, 0.5) is 0 Å². The highest BCUT2D eigenvalue weighted by atomic mass is 32.1. The van der Waals surface area contributed by atoms with E-state index in [4.69, 9.17) is 0 Å². The van der Waals surface area contributed by atoms with Gasteiger partial charge in [0.25, 0.3) is 0 Å². The molecule has 0 aromatic carbocycles. The van der Waals surface area contributed by atoms with Crippen LogP contribution in [0.3, 0.4) is 0 Å². The topological polar surface area (TPSA) is 33.1 Å². The van der Waals surface area contributed by atoms with E-state index in [2.05, 4.69) is 18.8 Å². The minimum absolute atomic E-state index is 0.188. The minimum Gasteiger partial charge on any atom is -0.392 e. The molecular formula is C14H23NOS. The van der Waals surface area contributed by atoms with Crippen LogP contribution < -0.4 is 0 Å². The van der Waals surface area contributed by atoms with Crippen molar-refractivity contribution in [3.63, 3.8) is 0 Å². The summed E-state index contributed by atoms with van der Waals surface area (Å²) in [6, 6.07) is 0. The van der Waals surface area contributed by atoms with Crippen LogP contribution in [0.25, 0.3) is 0 Å². The van der Waals surface area contributed by atoms with Crippen molar-refractivity contribution in [3.05, 3.63) is 15.6 Å². The molecule has 3 heteroatoms. The predicted octanol–water partition coefficient (Wildman–Crippen LogP) is 3.49. The molecule has 1 saturated carbocycles. The van der Waals surface area contributed by atoms with Gasteiger partial charge in [-0.05, 0) is 38.5 Å². The molecule has 0 spiro atoms. The Kier molecular flexibility index (Phi) is 4.21. The third kappa shape index (κ3) is 3.29. The summed E-state index contributed by atoms with van der Waals surface area (Å²) >= 11 is 1.74. The van der Waals surface area contributed by atoms with Gasteiger partial charge in [-0.2, -0.15) is 0 Å². The Balaban J connectivity index is 1.90. The molecule has 1 aromatic heterocycles. The van der Waals surface area contributed by atoms with Crippen LogP contribution in [0, 0.1) is 25.7 Å². The van der Waals surface area contributed by atoms with Gasteiger partial charge in [-0.15, -0.1) is 11.3 Å². The third-order valence-electron chi connectivity index (χ3n) is 4.06. The van der Waals surface area contributed by atoms with E-state index < -0.39 is 0 Å². The number of hydrogen-bond donors (Lipinski definition) is 1. The number of nitrogens with zero attached hydrogens (tertiary/aromatic N) is 1. The van der Waals surface area contributed by atoms with Gasteiger partial charge in [-0.1, -0.05) is 19.8 Å². The summed E-state index contributed by atoms with van der Waals surface area (Å²) in [5.41, 5.74) is 1.12. The number of aromatic nitrogens is 1. The molecule has 0 amide bonds. The first-order chi connectivity index (χ1) is 8.06. The fourth-order valence-electron chi connectivity index (χ4n) is 2.64. The molecule has 2 rings (SSSR count). The Hall–Kier alpha value is -0.410. The number of aliphatic hydroxyl groups excluding tert-OH is 1. The summed E-state index contributed by atoms with van der Waals surface area (Å²) in [6.45, 7) is 6.46. The largest absolute Gasteiger partial charge is 0.392 e. The van der Waals surface area contributed by atoms with Gasteiger partial charge >= 0.3 is 0 Å². The summed E-state index contributed by atoms with van der Waals surface area (Å²) in [7, 11) is 0. The first kappa shape index (κ1) is 13.0. The molecule has 1 N–H and O–H groups in total. The van der Waals surface area contributed by atoms with Gasteiger partial charge in [-0.25, -0.2) is 4.98 Å². The summed E-state index contributed by atoms with van der Waals surface area (Å²) < 4.78 is 0. The van der Waals surface area contributed by atoms with E-state index in [1.807, 2.05) is 6.92 Å². The molecular weight excluding hydrogens is 230 g/mol. The lowest BCUT2D eigenvalue weighted by Crippen LogP contribution is -2.26. The molecule has 1 atom stereocenters. The fraction of sp³-hybridized carbons (Fsp3) is 0.786. The predicted molar refractivity (Wildman–Crippen MR) is 72.4 cm³/mol. The molecule has 1 heterocycles. The Bertz CT molecular complexity index is 347. The molecule has 2 nitrogen and oxygen atoms in total. The summed E-state index contributed by atoms with van der Waals surface area (Å²) in [5, 5.41) is 11.4. The van der Waals surface area contributed by atoms with Crippen molar-refractivity contribution in [2.24, 2.45) is 11.8 Å². The maximum absolute atomic E-state index is 10.3. The van der Waals surface area contributed by atoms with Crippen molar-refractivity contribution in [3.8, 4) is 0 Å². The molecule has 17 heavy (non-hydrogen) atoms. The zero-order valence-corrected chi connectivity index (χ0v) is 11.9. The second kappa shape index (κ2) is 5.49. The zero-order valence-electron chi connectivity index (χ0n) is 11.1. The van der Waals surface area contributed by atoms with Crippen molar-refractivity contribution in [2.45, 2.75) is 59.0 Å². The van der Waals surface area contributed by atoms with Crippen molar-refractivity contribution >= 4 is 11.3 Å². The fourth-order valence-corrected chi connectivity index (χ4v) is 3.63. The monoisotopic (exact) mass is 253 g/mol. The molecule has 0 aliphatic heterocycles. The lowest BCUT2D eigenvalue weighted by atomic mass is 9.79. The number of thiazole rings is 1. The van der Waals surface area contributed by atoms with Crippen LogP contribution in [-0.4, -0.2) is 16.2 Å². The molecule has 1 aliphatic carbocycles. The number of aryl methyl sites for hydroxylation is 2. The van der Waals surface area contributed by atoms with Gasteiger partial charge in [0.05, 0.1) is 16.8 Å². The maximum atomic E-state index is 10.3. The summed E-state index contributed by atoms with van der Waals surface area (Å²) in [6.07, 6.45) is 5.48. The first-order valence-electron chi connectivity index (χ1n) is 6.67. The molecule has 0 radical (unpaired) electrons. The average molecular weight is 253 g/mol. The SMILES string of the molecule is Cc1nc(CC(O)C2CCC(C)CC2)sc1C. The highest BCUT2D eigenvalue weighted by Gasteiger charge is 2.25. The molecule has 0 saturated heterocycles. The molecule has 1 aliphatic rings. The Morgan fingerprint density at radius 3 is 2.47 bits per heavy atom. The molecule has 1 unspecified atom stereocenters. The van der Waals surface area contributed by atoms with Gasteiger partial charge in [0, 0.05) is 11.3 Å². The van der Waals surface area contributed by atoms with E-state index in [0.717, 1.165) is 23.0 Å². The molecule has 96 valence electrons. The van der Waals surface area contributed by atoms with Crippen molar-refractivity contribution in [2.75, 3.05) is 0 Å². The zero-order chi connectivity index (χ0) is 12.4. The van der Waals surface area contributed by atoms with Gasteiger partial charge in [0.1, 0.15) is 0 Å². The smallest absolute Gasteiger partial charge is 0.0956 e. The quantitative estimate of drug-likeness (QED) is 0.894. The maximum Gasteiger partial charge on any atom is 0.0956 e. The second-order valence-electron chi connectivity index (χ2n) is 5.54. The number of aliphatic hydroxyl groups is 1. The van der Waals surface area contributed by atoms with E-state index in [-0.39, 0.29) is 6.10 Å². The lowest BCUT2D eigenvalue weighted by Gasteiger charge is -2.29. The van der Waals surface area contributed by atoms with Gasteiger partial charge in [-0.3, -0.25) is 0 Å².